The molecule has 0 spiro atoms. The molecule has 3 heteroatoms. The van der Waals surface area contributed by atoms with Crippen molar-refractivity contribution in [3.63, 3.8) is 0 Å². The minimum absolute atomic E-state index is 1.12. The Bertz CT molecular complexity index is 479. The van der Waals surface area contributed by atoms with E-state index in [1.165, 1.54) is 11.4 Å². The smallest absolute Gasteiger partial charge is 0.0450 e. The van der Waals surface area contributed by atoms with Crippen LogP contribution in [0.4, 0.5) is 5.69 Å². The number of aromatic nitrogens is 1. The van der Waals surface area contributed by atoms with Crippen molar-refractivity contribution >= 4 is 5.69 Å². The van der Waals surface area contributed by atoms with E-state index in [2.05, 4.69) is 58.1 Å². The van der Waals surface area contributed by atoms with Gasteiger partial charge in [-0.1, -0.05) is 0 Å². The number of rotatable bonds is 2. The van der Waals surface area contributed by atoms with Crippen LogP contribution in [0.15, 0.2) is 48.8 Å². The van der Waals surface area contributed by atoms with E-state index in [-0.39, 0.29) is 0 Å². The van der Waals surface area contributed by atoms with E-state index in [4.69, 9.17) is 0 Å². The molecule has 0 bridgehead atoms. The number of hydrogen-bond donors (Lipinski definition) is 0. The fraction of sp³-hybridized carbons (Fsp3) is 0.333. The molecule has 1 aromatic heterocycles. The Morgan fingerprint density at radius 2 is 1.33 bits per heavy atom. The van der Waals surface area contributed by atoms with Gasteiger partial charge in [-0.3, -0.25) is 0 Å². The second kappa shape index (κ2) is 4.86. The molecule has 1 aromatic carbocycles. The maximum atomic E-state index is 2.46. The molecule has 18 heavy (non-hydrogen) atoms. The third-order valence-corrected chi connectivity index (χ3v) is 3.62. The molecule has 2 aromatic rings. The van der Waals surface area contributed by atoms with Gasteiger partial charge in [-0.2, -0.15) is 0 Å². The molecule has 1 aliphatic heterocycles. The molecule has 3 rings (SSSR count). The van der Waals surface area contributed by atoms with Crippen molar-refractivity contribution in [2.24, 2.45) is 0 Å². The summed E-state index contributed by atoms with van der Waals surface area (Å²) in [5, 5.41) is 0. The number of anilines is 1. The molecule has 94 valence electrons. The van der Waals surface area contributed by atoms with Crippen LogP contribution in [0.3, 0.4) is 0 Å². The molecule has 0 N–H and O–H groups in total. The average Bonchev–Trinajstić information content (AvgIpc) is 2.94. The van der Waals surface area contributed by atoms with Crippen LogP contribution >= 0.6 is 0 Å². The highest BCUT2D eigenvalue weighted by atomic mass is 15.2. The number of nitrogens with zero attached hydrogens (tertiary/aromatic N) is 3. The zero-order valence-electron chi connectivity index (χ0n) is 10.8. The van der Waals surface area contributed by atoms with Gasteiger partial charge < -0.3 is 14.4 Å². The summed E-state index contributed by atoms with van der Waals surface area (Å²) in [7, 11) is 2.19. The second-order valence-electron chi connectivity index (χ2n) is 4.90. The Balaban J connectivity index is 1.75. The van der Waals surface area contributed by atoms with Crippen LogP contribution in [-0.4, -0.2) is 42.7 Å². The van der Waals surface area contributed by atoms with Crippen LogP contribution in [0.5, 0.6) is 0 Å². The molecule has 0 atom stereocenters. The molecule has 0 radical (unpaired) electrons. The number of piperazine rings is 1. The second-order valence-corrected chi connectivity index (χ2v) is 4.90. The van der Waals surface area contributed by atoms with Gasteiger partial charge in [0.25, 0.3) is 0 Å². The highest BCUT2D eigenvalue weighted by Gasteiger charge is 2.13. The number of likely N-dealkylation sites (N-methyl/N-ethyl adjacent to an activating group) is 1. The van der Waals surface area contributed by atoms with Gasteiger partial charge in [-0.05, 0) is 43.4 Å². The molecule has 1 aliphatic rings. The van der Waals surface area contributed by atoms with Gasteiger partial charge in [0.2, 0.25) is 0 Å². The van der Waals surface area contributed by atoms with Crippen molar-refractivity contribution in [1.82, 2.24) is 9.47 Å². The molecule has 0 aliphatic carbocycles. The van der Waals surface area contributed by atoms with Crippen molar-refractivity contribution in [1.29, 1.82) is 0 Å². The number of hydrogen-bond acceptors (Lipinski definition) is 2. The first-order valence-electron chi connectivity index (χ1n) is 6.50. The van der Waals surface area contributed by atoms with E-state index in [1.807, 2.05) is 12.1 Å². The van der Waals surface area contributed by atoms with E-state index in [9.17, 15) is 0 Å². The molecule has 1 fully saturated rings. The summed E-state index contributed by atoms with van der Waals surface area (Å²) in [6.07, 6.45) is 4.15. The maximum absolute atomic E-state index is 2.46. The normalized spacial score (nSPS) is 17.1. The molecule has 1 saturated heterocycles. The highest BCUT2D eigenvalue weighted by molar-refractivity contribution is 5.51. The molecule has 0 unspecified atom stereocenters. The Morgan fingerprint density at radius 3 is 1.94 bits per heavy atom. The largest absolute Gasteiger partial charge is 0.369 e. The van der Waals surface area contributed by atoms with Crippen molar-refractivity contribution in [2.45, 2.75) is 0 Å². The van der Waals surface area contributed by atoms with Gasteiger partial charge in [-0.15, -0.1) is 0 Å². The van der Waals surface area contributed by atoms with E-state index < -0.39 is 0 Å². The molecular weight excluding hydrogens is 222 g/mol. The standard InChI is InChI=1S/C15H19N3/c1-16-10-12-18(13-11-16)15-6-4-14(5-7-15)17-8-2-3-9-17/h2-9H,10-13H2,1H3. The third-order valence-electron chi connectivity index (χ3n) is 3.62. The predicted octanol–water partition coefficient (Wildman–Crippen LogP) is 2.23. The van der Waals surface area contributed by atoms with Crippen LogP contribution in [0.2, 0.25) is 0 Å². The minimum Gasteiger partial charge on any atom is -0.369 e. The van der Waals surface area contributed by atoms with Gasteiger partial charge in [0, 0.05) is 49.9 Å². The summed E-state index contributed by atoms with van der Waals surface area (Å²) >= 11 is 0. The van der Waals surface area contributed by atoms with Crippen molar-refractivity contribution in [3.05, 3.63) is 48.8 Å². The average molecular weight is 241 g/mol. The molecule has 0 saturated carbocycles. The van der Waals surface area contributed by atoms with Crippen LogP contribution in [0.25, 0.3) is 5.69 Å². The third kappa shape index (κ3) is 2.27. The Morgan fingerprint density at radius 1 is 0.778 bits per heavy atom. The summed E-state index contributed by atoms with van der Waals surface area (Å²) in [5.74, 6) is 0. The van der Waals surface area contributed by atoms with Gasteiger partial charge in [-0.25, -0.2) is 0 Å². The first-order chi connectivity index (χ1) is 8.83. The van der Waals surface area contributed by atoms with Crippen molar-refractivity contribution in [3.8, 4) is 5.69 Å². The molecule has 0 amide bonds. The summed E-state index contributed by atoms with van der Waals surface area (Å²) < 4.78 is 2.13. The van der Waals surface area contributed by atoms with E-state index in [0.717, 1.165) is 26.2 Å². The van der Waals surface area contributed by atoms with Gasteiger partial charge in [0.15, 0.2) is 0 Å². The van der Waals surface area contributed by atoms with Crippen LogP contribution < -0.4 is 4.90 Å². The quantitative estimate of drug-likeness (QED) is 0.799. The maximum Gasteiger partial charge on any atom is 0.0450 e. The van der Waals surface area contributed by atoms with Gasteiger partial charge >= 0.3 is 0 Å². The fourth-order valence-corrected chi connectivity index (χ4v) is 2.41. The molecule has 2 heterocycles. The van der Waals surface area contributed by atoms with Crippen LogP contribution in [-0.2, 0) is 0 Å². The lowest BCUT2D eigenvalue weighted by Crippen LogP contribution is -2.44. The lowest BCUT2D eigenvalue weighted by Gasteiger charge is -2.34. The van der Waals surface area contributed by atoms with Crippen molar-refractivity contribution in [2.75, 3.05) is 38.1 Å². The fourth-order valence-electron chi connectivity index (χ4n) is 2.41. The predicted molar refractivity (Wildman–Crippen MR) is 75.5 cm³/mol. The van der Waals surface area contributed by atoms with Gasteiger partial charge in [0.05, 0.1) is 0 Å². The lowest BCUT2D eigenvalue weighted by molar-refractivity contribution is 0.313. The summed E-state index contributed by atoms with van der Waals surface area (Å²) in [6.45, 7) is 4.55. The highest BCUT2D eigenvalue weighted by Crippen LogP contribution is 2.18. The topological polar surface area (TPSA) is 11.4 Å². The monoisotopic (exact) mass is 241 g/mol. The SMILES string of the molecule is CN1CCN(c2ccc(-n3cccc3)cc2)CC1. The zero-order chi connectivity index (χ0) is 12.4. The summed E-state index contributed by atoms with van der Waals surface area (Å²) in [5.41, 5.74) is 2.55. The van der Waals surface area contributed by atoms with E-state index >= 15 is 0 Å². The molecule has 3 nitrogen and oxygen atoms in total. The van der Waals surface area contributed by atoms with Crippen LogP contribution in [0.1, 0.15) is 0 Å². The zero-order valence-corrected chi connectivity index (χ0v) is 10.8. The Hall–Kier alpha value is -1.74. The van der Waals surface area contributed by atoms with Crippen molar-refractivity contribution < 1.29 is 0 Å². The minimum atomic E-state index is 1.12. The molecular formula is C15H19N3. The van der Waals surface area contributed by atoms with E-state index in [0.29, 0.717) is 0 Å². The van der Waals surface area contributed by atoms with Gasteiger partial charge in [0.1, 0.15) is 0 Å². The number of benzene rings is 1. The van der Waals surface area contributed by atoms with Crippen LogP contribution in [0, 0.1) is 0 Å². The first kappa shape index (κ1) is 11.4. The van der Waals surface area contributed by atoms with E-state index in [1.54, 1.807) is 0 Å². The Kier molecular flexibility index (Phi) is 3.07. The Labute approximate surface area is 108 Å². The summed E-state index contributed by atoms with van der Waals surface area (Å²) in [4.78, 5) is 4.84. The first-order valence-corrected chi connectivity index (χ1v) is 6.50. The lowest BCUT2D eigenvalue weighted by atomic mass is 10.2. The summed E-state index contributed by atoms with van der Waals surface area (Å²) in [6, 6.07) is 12.9.